The van der Waals surface area contributed by atoms with Crippen molar-refractivity contribution in [2.45, 2.75) is 200 Å². The number of aryl methyl sites for hydroxylation is 2. The maximum Gasteiger partial charge on any atom is 0.243 e. The van der Waals surface area contributed by atoms with Gasteiger partial charge in [0.25, 0.3) is 0 Å². The van der Waals surface area contributed by atoms with Crippen molar-refractivity contribution in [3.8, 4) is 11.5 Å². The SMILES string of the molecule is CCCCCCCCCCCCCCc1ccc(OC(CC(O)CO)Oc2ccc(CCCCCCCCCCCCCC)cc2)cc1. The first-order valence-electron chi connectivity index (χ1n) is 20.4. The topological polar surface area (TPSA) is 58.9 Å². The second-order valence-corrected chi connectivity index (χ2v) is 14.3. The molecule has 1 unspecified atom stereocenters. The van der Waals surface area contributed by atoms with Crippen molar-refractivity contribution in [2.75, 3.05) is 6.61 Å². The van der Waals surface area contributed by atoms with E-state index in [1.807, 2.05) is 24.3 Å². The quantitative estimate of drug-likeness (QED) is 0.0588. The molecule has 48 heavy (non-hydrogen) atoms. The average molecular weight is 667 g/mol. The molecule has 0 fully saturated rings. The smallest absolute Gasteiger partial charge is 0.243 e. The fraction of sp³-hybridized carbons (Fsp3) is 0.727. The minimum absolute atomic E-state index is 0.192. The van der Waals surface area contributed by atoms with Crippen LogP contribution in [-0.4, -0.2) is 29.2 Å². The Morgan fingerprint density at radius 1 is 0.438 bits per heavy atom. The largest absolute Gasteiger partial charge is 0.455 e. The van der Waals surface area contributed by atoms with E-state index in [1.165, 1.54) is 165 Å². The third-order valence-electron chi connectivity index (χ3n) is 9.70. The first kappa shape index (κ1) is 42.1. The van der Waals surface area contributed by atoms with Gasteiger partial charge in [-0.25, -0.2) is 0 Å². The van der Waals surface area contributed by atoms with Gasteiger partial charge in [-0.2, -0.15) is 0 Å². The number of unbranched alkanes of at least 4 members (excludes halogenated alkanes) is 22. The molecule has 2 N–H and O–H groups in total. The Hall–Kier alpha value is -2.04. The van der Waals surface area contributed by atoms with E-state index in [1.54, 1.807) is 0 Å². The van der Waals surface area contributed by atoms with Gasteiger partial charge in [0, 0.05) is 6.42 Å². The van der Waals surface area contributed by atoms with Gasteiger partial charge in [0.15, 0.2) is 0 Å². The molecule has 0 saturated heterocycles. The van der Waals surface area contributed by atoms with Crippen LogP contribution in [0.2, 0.25) is 0 Å². The summed E-state index contributed by atoms with van der Waals surface area (Å²) in [7, 11) is 0. The zero-order valence-electron chi connectivity index (χ0n) is 31.3. The standard InChI is InChI=1S/C44H74O4/c1-3-5-7-9-11-13-15-17-19-21-23-25-27-39-29-33-42(34-30-39)47-44(37-41(46)38-45)48-43-35-31-40(32-36-43)28-26-24-22-20-18-16-14-12-10-8-6-4-2/h29-36,41,44-46H,3-28,37-38H2,1-2H3. The number of hydrogen-bond donors (Lipinski definition) is 2. The summed E-state index contributed by atoms with van der Waals surface area (Å²) in [6.45, 7) is 4.24. The summed E-state index contributed by atoms with van der Waals surface area (Å²) in [5.41, 5.74) is 2.65. The molecule has 0 aliphatic heterocycles. The lowest BCUT2D eigenvalue weighted by molar-refractivity contribution is -0.0421. The third-order valence-corrected chi connectivity index (χ3v) is 9.70. The molecule has 0 heterocycles. The number of rotatable bonds is 33. The van der Waals surface area contributed by atoms with Crippen molar-refractivity contribution in [1.82, 2.24) is 0 Å². The molecule has 2 aromatic rings. The molecule has 0 bridgehead atoms. The Morgan fingerprint density at radius 3 is 1.02 bits per heavy atom. The van der Waals surface area contributed by atoms with Crippen LogP contribution in [-0.2, 0) is 12.8 Å². The zero-order valence-corrected chi connectivity index (χ0v) is 31.3. The van der Waals surface area contributed by atoms with E-state index in [0.29, 0.717) is 11.5 Å². The average Bonchev–Trinajstić information content (AvgIpc) is 3.10. The van der Waals surface area contributed by atoms with Crippen molar-refractivity contribution in [3.05, 3.63) is 59.7 Å². The highest BCUT2D eigenvalue weighted by Gasteiger charge is 2.18. The Bertz CT molecular complexity index is 883. The van der Waals surface area contributed by atoms with Crippen molar-refractivity contribution >= 4 is 0 Å². The second-order valence-electron chi connectivity index (χ2n) is 14.3. The van der Waals surface area contributed by atoms with Crippen molar-refractivity contribution in [2.24, 2.45) is 0 Å². The molecule has 2 aromatic carbocycles. The molecule has 0 amide bonds. The number of aliphatic hydroxyl groups excluding tert-OH is 2. The van der Waals surface area contributed by atoms with Crippen LogP contribution in [0.25, 0.3) is 0 Å². The predicted octanol–water partition coefficient (Wildman–Crippen LogP) is 12.7. The highest BCUT2D eigenvalue weighted by atomic mass is 16.7. The van der Waals surface area contributed by atoms with Crippen molar-refractivity contribution < 1.29 is 19.7 Å². The maximum atomic E-state index is 10.1. The van der Waals surface area contributed by atoms with Crippen LogP contribution in [0.3, 0.4) is 0 Å². The van der Waals surface area contributed by atoms with E-state index in [4.69, 9.17) is 9.47 Å². The first-order valence-corrected chi connectivity index (χ1v) is 20.4. The summed E-state index contributed by atoms with van der Waals surface area (Å²) in [5.74, 6) is 1.43. The molecule has 0 aromatic heterocycles. The van der Waals surface area contributed by atoms with E-state index in [9.17, 15) is 10.2 Å². The molecule has 4 heteroatoms. The molecule has 0 radical (unpaired) electrons. The number of aliphatic hydroxyl groups is 2. The number of ether oxygens (including phenoxy) is 2. The van der Waals surface area contributed by atoms with E-state index in [2.05, 4.69) is 38.1 Å². The number of hydrogen-bond acceptors (Lipinski definition) is 4. The summed E-state index contributed by atoms with van der Waals surface area (Å²) in [4.78, 5) is 0. The Kier molecular flexibility index (Phi) is 26.2. The minimum atomic E-state index is -0.898. The third kappa shape index (κ3) is 22.6. The predicted molar refractivity (Wildman–Crippen MR) is 205 cm³/mol. The lowest BCUT2D eigenvalue weighted by Crippen LogP contribution is -2.30. The van der Waals surface area contributed by atoms with E-state index in [0.717, 1.165) is 12.8 Å². The fourth-order valence-electron chi connectivity index (χ4n) is 6.53. The monoisotopic (exact) mass is 667 g/mol. The second kappa shape index (κ2) is 29.8. The van der Waals surface area contributed by atoms with Crippen LogP contribution in [0.1, 0.15) is 185 Å². The van der Waals surface area contributed by atoms with Crippen LogP contribution in [0.4, 0.5) is 0 Å². The van der Waals surface area contributed by atoms with Gasteiger partial charge >= 0.3 is 0 Å². The van der Waals surface area contributed by atoms with E-state index in [-0.39, 0.29) is 13.0 Å². The molecule has 4 nitrogen and oxygen atoms in total. The van der Waals surface area contributed by atoms with Gasteiger partial charge in [-0.05, 0) is 61.1 Å². The maximum absolute atomic E-state index is 10.1. The summed E-state index contributed by atoms with van der Waals surface area (Å²) in [6, 6.07) is 16.5. The van der Waals surface area contributed by atoms with E-state index >= 15 is 0 Å². The van der Waals surface area contributed by atoms with Crippen LogP contribution in [0.5, 0.6) is 11.5 Å². The Morgan fingerprint density at radius 2 is 0.729 bits per heavy atom. The Balaban J connectivity index is 1.62. The summed E-state index contributed by atoms with van der Waals surface area (Å²) in [5, 5.41) is 19.6. The molecule has 2 rings (SSSR count). The normalized spacial score (nSPS) is 12.1. The number of benzene rings is 2. The zero-order chi connectivity index (χ0) is 34.3. The molecule has 0 spiro atoms. The summed E-state index contributed by atoms with van der Waals surface area (Å²) in [6.07, 6.45) is 33.6. The van der Waals surface area contributed by atoms with Gasteiger partial charge < -0.3 is 19.7 Å². The molecule has 0 saturated carbocycles. The van der Waals surface area contributed by atoms with Gasteiger partial charge in [-0.1, -0.05) is 179 Å². The van der Waals surface area contributed by atoms with Crippen LogP contribution < -0.4 is 9.47 Å². The molecule has 0 aliphatic carbocycles. The molecular formula is C44H74O4. The molecule has 1 atom stereocenters. The highest BCUT2D eigenvalue weighted by molar-refractivity contribution is 5.29. The Labute approximate surface area is 296 Å². The fourth-order valence-corrected chi connectivity index (χ4v) is 6.53. The van der Waals surface area contributed by atoms with Gasteiger partial charge in [0.2, 0.25) is 6.29 Å². The molecule has 274 valence electrons. The van der Waals surface area contributed by atoms with Crippen LogP contribution in [0, 0.1) is 0 Å². The van der Waals surface area contributed by atoms with Crippen LogP contribution in [0.15, 0.2) is 48.5 Å². The van der Waals surface area contributed by atoms with Crippen molar-refractivity contribution in [1.29, 1.82) is 0 Å². The van der Waals surface area contributed by atoms with Gasteiger partial charge in [0.1, 0.15) is 11.5 Å². The summed E-state index contributed by atoms with van der Waals surface area (Å²) < 4.78 is 12.3. The van der Waals surface area contributed by atoms with Gasteiger partial charge in [0.05, 0.1) is 12.7 Å². The van der Waals surface area contributed by atoms with Crippen molar-refractivity contribution in [3.63, 3.8) is 0 Å². The molecular weight excluding hydrogens is 592 g/mol. The first-order chi connectivity index (χ1) is 23.6. The van der Waals surface area contributed by atoms with Crippen LogP contribution >= 0.6 is 0 Å². The lowest BCUT2D eigenvalue weighted by atomic mass is 10.0. The summed E-state index contributed by atoms with van der Waals surface area (Å²) >= 11 is 0. The highest BCUT2D eigenvalue weighted by Crippen LogP contribution is 2.22. The van der Waals surface area contributed by atoms with Gasteiger partial charge in [-0.15, -0.1) is 0 Å². The van der Waals surface area contributed by atoms with Gasteiger partial charge in [-0.3, -0.25) is 0 Å². The van der Waals surface area contributed by atoms with E-state index < -0.39 is 12.4 Å². The lowest BCUT2D eigenvalue weighted by Gasteiger charge is -2.22. The minimum Gasteiger partial charge on any atom is -0.455 e. The molecule has 0 aliphatic rings.